The Morgan fingerprint density at radius 3 is 2.36 bits per heavy atom. The first-order valence-corrected chi connectivity index (χ1v) is 11.0. The lowest BCUT2D eigenvalue weighted by atomic mass is 9.92. The molecule has 2 amide bonds. The van der Waals surface area contributed by atoms with E-state index in [0.717, 1.165) is 45.3 Å². The molecule has 3 aliphatic rings. The quantitative estimate of drug-likeness (QED) is 0.797. The Labute approximate surface area is 167 Å². The number of amides is 2. The average Bonchev–Trinajstić information content (AvgIpc) is 3.43. The van der Waals surface area contributed by atoms with Crippen LogP contribution in [0.25, 0.3) is 0 Å². The second-order valence-corrected chi connectivity index (χ2v) is 8.67. The third-order valence-corrected chi connectivity index (χ3v) is 6.91. The van der Waals surface area contributed by atoms with Gasteiger partial charge in [-0.15, -0.1) is 0 Å². The number of piperidine rings is 1. The van der Waals surface area contributed by atoms with Gasteiger partial charge in [-0.1, -0.05) is 12.8 Å². The molecule has 154 valence electrons. The number of furan rings is 1. The van der Waals surface area contributed by atoms with Crippen molar-refractivity contribution in [2.75, 3.05) is 32.7 Å². The number of nitrogens with zero attached hydrogens (tertiary/aromatic N) is 3. The number of hydrogen-bond acceptors (Lipinski definition) is 4. The van der Waals surface area contributed by atoms with E-state index in [4.69, 9.17) is 4.42 Å². The molecule has 4 rings (SSSR count). The first-order chi connectivity index (χ1) is 13.6. The molecule has 3 fully saturated rings. The van der Waals surface area contributed by atoms with Gasteiger partial charge in [0.2, 0.25) is 5.91 Å². The summed E-state index contributed by atoms with van der Waals surface area (Å²) in [5.41, 5.74) is 0. The summed E-state index contributed by atoms with van der Waals surface area (Å²) < 4.78 is 5.27. The van der Waals surface area contributed by atoms with Crippen LogP contribution in [0.2, 0.25) is 0 Å². The lowest BCUT2D eigenvalue weighted by molar-refractivity contribution is -0.143. The Morgan fingerprint density at radius 2 is 1.71 bits per heavy atom. The van der Waals surface area contributed by atoms with Crippen molar-refractivity contribution in [2.24, 2.45) is 5.92 Å². The smallest absolute Gasteiger partial charge is 0.289 e. The van der Waals surface area contributed by atoms with Crippen LogP contribution in [0.15, 0.2) is 22.8 Å². The van der Waals surface area contributed by atoms with Gasteiger partial charge in [-0.2, -0.15) is 0 Å². The van der Waals surface area contributed by atoms with Crippen LogP contribution >= 0.6 is 0 Å². The van der Waals surface area contributed by atoms with E-state index in [0.29, 0.717) is 36.7 Å². The molecule has 2 aliphatic heterocycles. The Morgan fingerprint density at radius 1 is 1.00 bits per heavy atom. The fourth-order valence-corrected chi connectivity index (χ4v) is 5.28. The van der Waals surface area contributed by atoms with E-state index in [9.17, 15) is 9.59 Å². The summed E-state index contributed by atoms with van der Waals surface area (Å²) in [4.78, 5) is 32.5. The predicted molar refractivity (Wildman–Crippen MR) is 107 cm³/mol. The summed E-state index contributed by atoms with van der Waals surface area (Å²) in [5.74, 6) is 1.16. The molecule has 1 aromatic rings. The second-order valence-electron chi connectivity index (χ2n) is 8.67. The number of rotatable bonds is 4. The van der Waals surface area contributed by atoms with E-state index in [-0.39, 0.29) is 11.9 Å². The van der Waals surface area contributed by atoms with Gasteiger partial charge in [0, 0.05) is 38.8 Å². The molecule has 0 N–H and O–H groups in total. The molecule has 0 unspecified atom stereocenters. The average molecular weight is 388 g/mol. The first-order valence-electron chi connectivity index (χ1n) is 11.0. The molecular formula is C22H33N3O3. The van der Waals surface area contributed by atoms with Crippen molar-refractivity contribution in [1.29, 1.82) is 0 Å². The zero-order valence-corrected chi connectivity index (χ0v) is 17.0. The van der Waals surface area contributed by atoms with Gasteiger partial charge in [0.05, 0.1) is 12.3 Å². The van der Waals surface area contributed by atoms with Crippen LogP contribution in [0, 0.1) is 5.92 Å². The van der Waals surface area contributed by atoms with Gasteiger partial charge in [0.25, 0.3) is 5.91 Å². The van der Waals surface area contributed by atoms with Crippen LogP contribution in [-0.4, -0.2) is 71.3 Å². The SMILES string of the molecule is C[C@@H]1CCCCN1C(=O)[C@H](C1CCCC1)N1CCN(C(=O)c2ccco2)CC1. The summed E-state index contributed by atoms with van der Waals surface area (Å²) in [6.07, 6.45) is 9.80. The second kappa shape index (κ2) is 8.68. The van der Waals surface area contributed by atoms with Crippen molar-refractivity contribution in [2.45, 2.75) is 64.0 Å². The summed E-state index contributed by atoms with van der Waals surface area (Å²) in [6.45, 7) is 5.95. The lowest BCUT2D eigenvalue weighted by Crippen LogP contribution is -2.60. The standard InChI is InChI=1S/C22H33N3O3/c1-17-7-4-5-11-25(17)22(27)20(18-8-2-3-9-18)23-12-14-24(15-13-23)21(26)19-10-6-16-28-19/h6,10,16-18,20H,2-5,7-9,11-15H2,1H3/t17-,20+/m1/s1. The predicted octanol–water partition coefficient (Wildman–Crippen LogP) is 3.00. The number of likely N-dealkylation sites (tertiary alicyclic amines) is 1. The van der Waals surface area contributed by atoms with Gasteiger partial charge in [-0.25, -0.2) is 0 Å². The summed E-state index contributed by atoms with van der Waals surface area (Å²) in [5, 5.41) is 0. The highest BCUT2D eigenvalue weighted by Crippen LogP contribution is 2.33. The van der Waals surface area contributed by atoms with Crippen molar-refractivity contribution in [3.63, 3.8) is 0 Å². The van der Waals surface area contributed by atoms with Gasteiger partial charge in [0.15, 0.2) is 5.76 Å². The van der Waals surface area contributed by atoms with Gasteiger partial charge in [0.1, 0.15) is 0 Å². The lowest BCUT2D eigenvalue weighted by Gasteiger charge is -2.44. The highest BCUT2D eigenvalue weighted by molar-refractivity contribution is 5.91. The molecule has 0 radical (unpaired) electrons. The minimum absolute atomic E-state index is 0.0103. The van der Waals surface area contributed by atoms with Gasteiger partial charge in [-0.3, -0.25) is 14.5 Å². The molecule has 28 heavy (non-hydrogen) atoms. The van der Waals surface area contributed by atoms with Gasteiger partial charge >= 0.3 is 0 Å². The first kappa shape index (κ1) is 19.5. The molecule has 0 aromatic carbocycles. The van der Waals surface area contributed by atoms with E-state index in [2.05, 4.69) is 16.7 Å². The Hall–Kier alpha value is -1.82. The summed E-state index contributed by atoms with van der Waals surface area (Å²) in [6, 6.07) is 3.81. The highest BCUT2D eigenvalue weighted by Gasteiger charge is 2.40. The van der Waals surface area contributed by atoms with Crippen LogP contribution in [0.4, 0.5) is 0 Å². The monoisotopic (exact) mass is 387 g/mol. The van der Waals surface area contributed by atoms with Crippen molar-refractivity contribution in [1.82, 2.24) is 14.7 Å². The minimum atomic E-state index is -0.0435. The van der Waals surface area contributed by atoms with Crippen molar-refractivity contribution in [3.05, 3.63) is 24.2 Å². The van der Waals surface area contributed by atoms with Gasteiger partial charge < -0.3 is 14.2 Å². The maximum absolute atomic E-state index is 13.6. The molecule has 1 aliphatic carbocycles. The number of carbonyl (C=O) groups excluding carboxylic acids is 2. The van der Waals surface area contributed by atoms with Crippen molar-refractivity contribution < 1.29 is 14.0 Å². The molecule has 6 heteroatoms. The van der Waals surface area contributed by atoms with E-state index in [1.165, 1.54) is 25.5 Å². The minimum Gasteiger partial charge on any atom is -0.459 e. The molecule has 0 spiro atoms. The molecule has 0 bridgehead atoms. The summed E-state index contributed by atoms with van der Waals surface area (Å²) >= 11 is 0. The van der Waals surface area contributed by atoms with Crippen LogP contribution in [0.3, 0.4) is 0 Å². The molecular weight excluding hydrogens is 354 g/mol. The Balaban J connectivity index is 1.44. The van der Waals surface area contributed by atoms with Crippen molar-refractivity contribution >= 4 is 11.8 Å². The maximum Gasteiger partial charge on any atom is 0.289 e. The van der Waals surface area contributed by atoms with Gasteiger partial charge in [-0.05, 0) is 57.1 Å². The van der Waals surface area contributed by atoms with Crippen LogP contribution < -0.4 is 0 Å². The molecule has 1 saturated carbocycles. The normalized spacial score (nSPS) is 25.8. The third-order valence-electron chi connectivity index (χ3n) is 6.91. The molecule has 3 heterocycles. The maximum atomic E-state index is 13.6. The van der Waals surface area contributed by atoms with E-state index in [1.54, 1.807) is 12.1 Å². The zero-order chi connectivity index (χ0) is 19.5. The number of carbonyl (C=O) groups is 2. The Kier molecular flexibility index (Phi) is 6.04. The summed E-state index contributed by atoms with van der Waals surface area (Å²) in [7, 11) is 0. The van der Waals surface area contributed by atoms with E-state index in [1.807, 2.05) is 4.90 Å². The molecule has 2 atom stereocenters. The molecule has 1 aromatic heterocycles. The van der Waals surface area contributed by atoms with Crippen LogP contribution in [0.5, 0.6) is 0 Å². The zero-order valence-electron chi connectivity index (χ0n) is 17.0. The highest BCUT2D eigenvalue weighted by atomic mass is 16.3. The Bertz CT molecular complexity index is 661. The van der Waals surface area contributed by atoms with Crippen LogP contribution in [-0.2, 0) is 4.79 Å². The molecule has 2 saturated heterocycles. The van der Waals surface area contributed by atoms with E-state index >= 15 is 0 Å². The molecule has 6 nitrogen and oxygen atoms in total. The fraction of sp³-hybridized carbons (Fsp3) is 0.727. The van der Waals surface area contributed by atoms with Crippen LogP contribution in [0.1, 0.15) is 62.4 Å². The fourth-order valence-electron chi connectivity index (χ4n) is 5.28. The van der Waals surface area contributed by atoms with Crippen molar-refractivity contribution in [3.8, 4) is 0 Å². The van der Waals surface area contributed by atoms with E-state index < -0.39 is 0 Å². The number of piperazine rings is 1. The third kappa shape index (κ3) is 3.97. The number of hydrogen-bond donors (Lipinski definition) is 0. The largest absolute Gasteiger partial charge is 0.459 e. The topological polar surface area (TPSA) is 57.0 Å².